The van der Waals surface area contributed by atoms with Gasteiger partial charge in [0.15, 0.2) is 0 Å². The number of carbonyl (C=O) groups is 1. The molecule has 1 N–H and O–H groups in total. The molecular weight excluding hydrogens is 432 g/mol. The smallest absolute Gasteiger partial charge is 0.249 e. The van der Waals surface area contributed by atoms with E-state index >= 15 is 0 Å². The number of amides is 1. The maximum Gasteiger partial charge on any atom is 0.249 e. The zero-order valence-corrected chi connectivity index (χ0v) is 18.3. The molecule has 0 bridgehead atoms. The fourth-order valence-electron chi connectivity index (χ4n) is 2.71. The number of hydrogen-bond donors (Lipinski definition) is 1. The summed E-state index contributed by atoms with van der Waals surface area (Å²) in [6.45, 7) is 3.32. The van der Waals surface area contributed by atoms with Gasteiger partial charge in [-0.1, -0.05) is 59.3 Å². The normalized spacial score (nSPS) is 12.4. The lowest BCUT2D eigenvalue weighted by Gasteiger charge is -2.28. The van der Waals surface area contributed by atoms with Crippen LogP contribution < -0.4 is 9.62 Å². The lowest BCUT2D eigenvalue weighted by atomic mass is 10.2. The van der Waals surface area contributed by atoms with Crippen molar-refractivity contribution in [1.82, 2.24) is 10.2 Å². The maximum atomic E-state index is 12.8. The summed E-state index contributed by atoms with van der Waals surface area (Å²) >= 11 is 7.35. The second-order valence-corrected chi connectivity index (χ2v) is 9.68. The van der Waals surface area contributed by atoms with E-state index in [0.717, 1.165) is 21.7 Å². The molecule has 152 valence electrons. The van der Waals surface area contributed by atoms with Crippen LogP contribution in [-0.4, -0.2) is 36.8 Å². The zero-order valence-electron chi connectivity index (χ0n) is 16.0. The second-order valence-electron chi connectivity index (χ2n) is 6.44. The van der Waals surface area contributed by atoms with Gasteiger partial charge in [-0.3, -0.25) is 14.4 Å². The van der Waals surface area contributed by atoms with Gasteiger partial charge in [0.05, 0.1) is 11.9 Å². The van der Waals surface area contributed by atoms with Gasteiger partial charge in [0.25, 0.3) is 0 Å². The standard InChI is InChI=1S/C19H19ClN4O3S2/c1-12-9-10-15(11-16(12)20)24(29(3,26)27)13(2)17(25)21-19-23-22-18(28-19)14-7-5-4-6-8-14/h4-11,13H,1-3H3,(H,21,23,25). The van der Waals surface area contributed by atoms with Crippen LogP contribution in [0.25, 0.3) is 10.6 Å². The first-order chi connectivity index (χ1) is 13.7. The molecule has 0 radical (unpaired) electrons. The van der Waals surface area contributed by atoms with Gasteiger partial charge in [-0.15, -0.1) is 10.2 Å². The third kappa shape index (κ3) is 4.92. The van der Waals surface area contributed by atoms with Crippen molar-refractivity contribution in [3.05, 3.63) is 59.1 Å². The zero-order chi connectivity index (χ0) is 21.2. The summed E-state index contributed by atoms with van der Waals surface area (Å²) in [6, 6.07) is 13.3. The molecule has 1 heterocycles. The number of hydrogen-bond acceptors (Lipinski definition) is 6. The number of anilines is 2. The number of rotatable bonds is 6. The SMILES string of the molecule is Cc1ccc(N(C(C)C(=O)Nc2nnc(-c3ccccc3)s2)S(C)(=O)=O)cc1Cl. The number of carbonyl (C=O) groups excluding carboxylic acids is 1. The van der Waals surface area contributed by atoms with Gasteiger partial charge in [-0.2, -0.15) is 0 Å². The van der Waals surface area contributed by atoms with Crippen molar-refractivity contribution in [2.24, 2.45) is 0 Å². The van der Waals surface area contributed by atoms with E-state index in [0.29, 0.717) is 15.7 Å². The van der Waals surface area contributed by atoms with Crippen molar-refractivity contribution in [2.45, 2.75) is 19.9 Å². The Bertz CT molecular complexity index is 1130. The summed E-state index contributed by atoms with van der Waals surface area (Å²) < 4.78 is 25.8. The van der Waals surface area contributed by atoms with Crippen LogP contribution in [0.5, 0.6) is 0 Å². The maximum absolute atomic E-state index is 12.8. The van der Waals surface area contributed by atoms with E-state index in [2.05, 4.69) is 15.5 Å². The van der Waals surface area contributed by atoms with Crippen molar-refractivity contribution in [1.29, 1.82) is 0 Å². The first-order valence-electron chi connectivity index (χ1n) is 8.62. The van der Waals surface area contributed by atoms with E-state index in [4.69, 9.17) is 11.6 Å². The van der Waals surface area contributed by atoms with Crippen LogP contribution in [0.15, 0.2) is 48.5 Å². The topological polar surface area (TPSA) is 92.3 Å². The molecule has 3 rings (SSSR count). The molecule has 2 aromatic carbocycles. The molecule has 29 heavy (non-hydrogen) atoms. The quantitative estimate of drug-likeness (QED) is 0.613. The third-order valence-electron chi connectivity index (χ3n) is 4.17. The molecular formula is C19H19ClN4O3S2. The third-order valence-corrected chi connectivity index (χ3v) is 6.71. The number of nitrogens with zero attached hydrogens (tertiary/aromatic N) is 3. The van der Waals surface area contributed by atoms with Gasteiger partial charge in [0, 0.05) is 10.6 Å². The van der Waals surface area contributed by atoms with Crippen LogP contribution in [-0.2, 0) is 14.8 Å². The molecule has 1 amide bonds. The van der Waals surface area contributed by atoms with Crippen LogP contribution in [0.2, 0.25) is 5.02 Å². The molecule has 1 unspecified atom stereocenters. The summed E-state index contributed by atoms with van der Waals surface area (Å²) in [5.41, 5.74) is 2.00. The molecule has 10 heteroatoms. The monoisotopic (exact) mass is 450 g/mol. The van der Waals surface area contributed by atoms with Gasteiger partial charge in [-0.05, 0) is 31.5 Å². The molecule has 0 aliphatic heterocycles. The number of nitrogens with one attached hydrogen (secondary N) is 1. The van der Waals surface area contributed by atoms with E-state index in [-0.39, 0.29) is 5.13 Å². The van der Waals surface area contributed by atoms with Crippen LogP contribution in [0, 0.1) is 6.92 Å². The highest BCUT2D eigenvalue weighted by molar-refractivity contribution is 7.92. The molecule has 0 saturated carbocycles. The fourth-order valence-corrected chi connectivity index (χ4v) is 4.80. The molecule has 1 atom stereocenters. The molecule has 1 aromatic heterocycles. The van der Waals surface area contributed by atoms with Crippen LogP contribution in [0.1, 0.15) is 12.5 Å². The van der Waals surface area contributed by atoms with Gasteiger partial charge in [0.2, 0.25) is 21.1 Å². The summed E-state index contributed by atoms with van der Waals surface area (Å²) in [4.78, 5) is 12.8. The highest BCUT2D eigenvalue weighted by atomic mass is 35.5. The van der Waals surface area contributed by atoms with Crippen LogP contribution in [0.3, 0.4) is 0 Å². The van der Waals surface area contributed by atoms with E-state index in [9.17, 15) is 13.2 Å². The minimum Gasteiger partial charge on any atom is -0.299 e. The number of sulfonamides is 1. The Balaban J connectivity index is 1.83. The minimum absolute atomic E-state index is 0.288. The first kappa shape index (κ1) is 21.2. The Hall–Kier alpha value is -2.49. The Labute approximate surface area is 178 Å². The van der Waals surface area contributed by atoms with E-state index in [1.54, 1.807) is 12.1 Å². The predicted octanol–water partition coefficient (Wildman–Crippen LogP) is 3.96. The number of benzene rings is 2. The summed E-state index contributed by atoms with van der Waals surface area (Å²) in [7, 11) is -3.74. The summed E-state index contributed by atoms with van der Waals surface area (Å²) in [5, 5.41) is 12.1. The molecule has 3 aromatic rings. The lowest BCUT2D eigenvalue weighted by molar-refractivity contribution is -0.116. The molecule has 7 nitrogen and oxygen atoms in total. The van der Waals surface area contributed by atoms with Gasteiger partial charge < -0.3 is 0 Å². The highest BCUT2D eigenvalue weighted by Gasteiger charge is 2.30. The van der Waals surface area contributed by atoms with E-state index in [1.807, 2.05) is 37.3 Å². The molecule has 0 spiro atoms. The van der Waals surface area contributed by atoms with Gasteiger partial charge in [-0.25, -0.2) is 8.42 Å². The number of halogens is 1. The van der Waals surface area contributed by atoms with Crippen molar-refractivity contribution >= 4 is 49.7 Å². The minimum atomic E-state index is -3.74. The molecule has 0 fully saturated rings. The van der Waals surface area contributed by atoms with Crippen LogP contribution in [0.4, 0.5) is 10.8 Å². The number of aromatic nitrogens is 2. The fraction of sp³-hybridized carbons (Fsp3) is 0.211. The van der Waals surface area contributed by atoms with Crippen molar-refractivity contribution in [3.63, 3.8) is 0 Å². The number of aryl methyl sites for hydroxylation is 1. The molecule has 0 aliphatic carbocycles. The van der Waals surface area contributed by atoms with Crippen molar-refractivity contribution < 1.29 is 13.2 Å². The van der Waals surface area contributed by atoms with Gasteiger partial charge >= 0.3 is 0 Å². The van der Waals surface area contributed by atoms with Crippen LogP contribution >= 0.6 is 22.9 Å². The lowest BCUT2D eigenvalue weighted by Crippen LogP contribution is -2.45. The highest BCUT2D eigenvalue weighted by Crippen LogP contribution is 2.28. The second kappa shape index (κ2) is 8.48. The summed E-state index contributed by atoms with van der Waals surface area (Å²) in [5.74, 6) is -0.525. The Morgan fingerprint density at radius 2 is 1.86 bits per heavy atom. The Morgan fingerprint density at radius 3 is 2.48 bits per heavy atom. The largest absolute Gasteiger partial charge is 0.299 e. The van der Waals surface area contributed by atoms with Crippen molar-refractivity contribution in [3.8, 4) is 10.6 Å². The Morgan fingerprint density at radius 1 is 1.17 bits per heavy atom. The van der Waals surface area contributed by atoms with Crippen molar-refractivity contribution in [2.75, 3.05) is 15.9 Å². The van der Waals surface area contributed by atoms with E-state index in [1.165, 1.54) is 24.3 Å². The molecule has 0 aliphatic rings. The van der Waals surface area contributed by atoms with E-state index < -0.39 is 22.0 Å². The van der Waals surface area contributed by atoms with Gasteiger partial charge in [0.1, 0.15) is 11.0 Å². The molecule has 0 saturated heterocycles. The predicted molar refractivity (Wildman–Crippen MR) is 117 cm³/mol. The summed E-state index contributed by atoms with van der Waals surface area (Å²) in [6.07, 6.45) is 1.04. The first-order valence-corrected chi connectivity index (χ1v) is 11.7. The average Bonchev–Trinajstić information content (AvgIpc) is 3.13. The average molecular weight is 451 g/mol. The Kier molecular flexibility index (Phi) is 6.21.